The van der Waals surface area contributed by atoms with Crippen LogP contribution >= 0.6 is 0 Å². The lowest BCUT2D eigenvalue weighted by Gasteiger charge is -2.36. The number of β-lactam (4-membered cyclic amide) rings is 1. The van der Waals surface area contributed by atoms with Gasteiger partial charge in [-0.1, -0.05) is 6.58 Å². The topological polar surface area (TPSA) is 80.8 Å². The Kier molecular flexibility index (Phi) is 3.77. The van der Waals surface area contributed by atoms with E-state index in [1.165, 1.54) is 13.8 Å². The van der Waals surface area contributed by atoms with Crippen molar-refractivity contribution in [1.82, 2.24) is 4.90 Å². The maximum absolute atomic E-state index is 11.5. The van der Waals surface area contributed by atoms with Gasteiger partial charge in [-0.15, -0.1) is 0 Å². The molecule has 6 heteroatoms. The number of imide groups is 1. The van der Waals surface area contributed by atoms with E-state index in [9.17, 15) is 19.2 Å². The molecule has 0 aromatic rings. The van der Waals surface area contributed by atoms with Crippen molar-refractivity contribution in [2.75, 3.05) is 6.61 Å². The van der Waals surface area contributed by atoms with Crippen LogP contribution in [0, 0.1) is 0 Å². The second kappa shape index (κ2) is 4.90. The van der Waals surface area contributed by atoms with Crippen molar-refractivity contribution in [3.63, 3.8) is 0 Å². The molecule has 1 aliphatic rings. The molecule has 1 rings (SSSR count). The predicted octanol–water partition coefficient (Wildman–Crippen LogP) is -0.178. The molecule has 17 heavy (non-hydrogen) atoms. The first-order chi connectivity index (χ1) is 7.84. The summed E-state index contributed by atoms with van der Waals surface area (Å²) in [6, 6.07) is -0.710. The van der Waals surface area contributed by atoms with Gasteiger partial charge in [-0.2, -0.15) is 0 Å². The van der Waals surface area contributed by atoms with Gasteiger partial charge in [0, 0.05) is 5.57 Å². The van der Waals surface area contributed by atoms with Crippen molar-refractivity contribution < 1.29 is 23.9 Å². The molecule has 0 saturated carbocycles. The monoisotopic (exact) mass is 239 g/mol. The molecule has 0 radical (unpaired) electrons. The Morgan fingerprint density at radius 2 is 2.00 bits per heavy atom. The van der Waals surface area contributed by atoms with Crippen molar-refractivity contribution in [2.24, 2.45) is 0 Å². The van der Waals surface area contributed by atoms with Gasteiger partial charge in [0.15, 0.2) is 12.4 Å². The second-order valence-corrected chi connectivity index (χ2v) is 3.84. The Hall–Kier alpha value is -1.98. The van der Waals surface area contributed by atoms with Crippen LogP contribution in [-0.2, 0) is 23.9 Å². The van der Waals surface area contributed by atoms with E-state index in [1.807, 2.05) is 0 Å². The number of carbonyl (C=O) groups excluding carboxylic acids is 4. The first-order valence-electron chi connectivity index (χ1n) is 5.02. The summed E-state index contributed by atoms with van der Waals surface area (Å²) >= 11 is 0. The number of esters is 1. The highest BCUT2D eigenvalue weighted by Crippen LogP contribution is 2.20. The highest BCUT2D eigenvalue weighted by molar-refractivity contribution is 6.08. The van der Waals surface area contributed by atoms with Crippen LogP contribution in [0.3, 0.4) is 0 Å². The Morgan fingerprint density at radius 1 is 1.41 bits per heavy atom. The minimum absolute atomic E-state index is 0.0372. The van der Waals surface area contributed by atoms with Crippen molar-refractivity contribution in [3.05, 3.63) is 12.2 Å². The molecule has 1 saturated heterocycles. The van der Waals surface area contributed by atoms with Crippen molar-refractivity contribution in [1.29, 1.82) is 0 Å². The summed E-state index contributed by atoms with van der Waals surface area (Å²) in [6.45, 7) is 5.54. The highest BCUT2D eigenvalue weighted by Gasteiger charge is 2.43. The van der Waals surface area contributed by atoms with Crippen LogP contribution in [0.15, 0.2) is 12.2 Å². The molecule has 6 nitrogen and oxygen atoms in total. The number of ether oxygens (including phenoxy) is 1. The fourth-order valence-electron chi connectivity index (χ4n) is 1.37. The zero-order valence-electron chi connectivity index (χ0n) is 9.69. The molecule has 0 bridgehead atoms. The lowest BCUT2D eigenvalue weighted by molar-refractivity contribution is -0.166. The molecule has 0 N–H and O–H groups in total. The molecular formula is C11H13NO5. The number of hydrogen-bond acceptors (Lipinski definition) is 5. The van der Waals surface area contributed by atoms with Gasteiger partial charge in [-0.3, -0.25) is 19.3 Å². The Balaban J connectivity index is 2.53. The molecule has 1 fully saturated rings. The standard InChI is InChI=1S/C11H13NO5/c1-6(2)11(16)17-5-10(15)12-8(7(3)13)4-9(12)14/h8H,1,4-5H2,2-3H3. The Labute approximate surface area is 98.2 Å². The van der Waals surface area contributed by atoms with Crippen LogP contribution in [-0.4, -0.2) is 41.1 Å². The third kappa shape index (κ3) is 2.77. The molecule has 1 heterocycles. The summed E-state index contributed by atoms with van der Waals surface area (Å²) < 4.78 is 4.61. The predicted molar refractivity (Wildman–Crippen MR) is 56.7 cm³/mol. The van der Waals surface area contributed by atoms with E-state index < -0.39 is 30.4 Å². The number of hydrogen-bond donors (Lipinski definition) is 0. The lowest BCUT2D eigenvalue weighted by atomic mass is 9.98. The molecule has 0 aromatic carbocycles. The number of Topliss-reactive ketones (excluding diaryl/α,β-unsaturated/α-hetero) is 1. The van der Waals surface area contributed by atoms with Crippen LogP contribution in [0.5, 0.6) is 0 Å². The van der Waals surface area contributed by atoms with E-state index in [4.69, 9.17) is 0 Å². The summed E-state index contributed by atoms with van der Waals surface area (Å²) in [5, 5.41) is 0. The van der Waals surface area contributed by atoms with E-state index in [1.54, 1.807) is 0 Å². The minimum atomic E-state index is -0.710. The zero-order chi connectivity index (χ0) is 13.2. The van der Waals surface area contributed by atoms with E-state index in [-0.39, 0.29) is 17.8 Å². The maximum atomic E-state index is 11.5. The SMILES string of the molecule is C=C(C)C(=O)OCC(=O)N1C(=O)CC1C(C)=O. The third-order valence-electron chi connectivity index (χ3n) is 2.36. The average Bonchev–Trinajstić information content (AvgIpc) is 2.21. The van der Waals surface area contributed by atoms with Crippen LogP contribution < -0.4 is 0 Å². The van der Waals surface area contributed by atoms with Crippen molar-refractivity contribution >= 4 is 23.6 Å². The van der Waals surface area contributed by atoms with Crippen molar-refractivity contribution in [2.45, 2.75) is 26.3 Å². The van der Waals surface area contributed by atoms with Gasteiger partial charge in [0.05, 0.1) is 6.42 Å². The molecule has 0 spiro atoms. The van der Waals surface area contributed by atoms with Gasteiger partial charge in [-0.05, 0) is 13.8 Å². The Bertz CT molecular complexity index is 412. The molecule has 2 amide bonds. The van der Waals surface area contributed by atoms with E-state index >= 15 is 0 Å². The number of rotatable bonds is 4. The summed E-state index contributed by atoms with van der Waals surface area (Å²) in [4.78, 5) is 45.6. The van der Waals surface area contributed by atoms with E-state index in [0.717, 1.165) is 4.90 Å². The smallest absolute Gasteiger partial charge is 0.333 e. The maximum Gasteiger partial charge on any atom is 0.333 e. The summed E-state index contributed by atoms with van der Waals surface area (Å²) in [6.07, 6.45) is 0.0372. The quantitative estimate of drug-likeness (QED) is 0.386. The number of carbonyl (C=O) groups is 4. The third-order valence-corrected chi connectivity index (χ3v) is 2.36. The minimum Gasteiger partial charge on any atom is -0.452 e. The number of amides is 2. The zero-order valence-corrected chi connectivity index (χ0v) is 9.69. The molecular weight excluding hydrogens is 226 g/mol. The van der Waals surface area contributed by atoms with E-state index in [2.05, 4.69) is 11.3 Å². The summed E-state index contributed by atoms with van der Waals surface area (Å²) in [5.74, 6) is -2.08. The molecule has 92 valence electrons. The first kappa shape index (κ1) is 13.1. The van der Waals surface area contributed by atoms with Crippen LogP contribution in [0.1, 0.15) is 20.3 Å². The van der Waals surface area contributed by atoms with Crippen LogP contribution in [0.4, 0.5) is 0 Å². The van der Waals surface area contributed by atoms with Gasteiger partial charge in [-0.25, -0.2) is 4.79 Å². The first-order valence-corrected chi connectivity index (χ1v) is 5.02. The highest BCUT2D eigenvalue weighted by atomic mass is 16.5. The Morgan fingerprint density at radius 3 is 2.41 bits per heavy atom. The number of ketones is 1. The van der Waals surface area contributed by atoms with Gasteiger partial charge < -0.3 is 4.74 Å². The average molecular weight is 239 g/mol. The van der Waals surface area contributed by atoms with Gasteiger partial charge in [0.1, 0.15) is 6.04 Å². The largest absolute Gasteiger partial charge is 0.452 e. The molecule has 1 unspecified atom stereocenters. The summed E-state index contributed by atoms with van der Waals surface area (Å²) in [5.41, 5.74) is 0.163. The molecule has 0 aliphatic carbocycles. The molecule has 1 atom stereocenters. The van der Waals surface area contributed by atoms with Crippen LogP contribution in [0.25, 0.3) is 0 Å². The van der Waals surface area contributed by atoms with E-state index in [0.29, 0.717) is 0 Å². The number of likely N-dealkylation sites (tertiary alicyclic amines) is 1. The van der Waals surface area contributed by atoms with Crippen molar-refractivity contribution in [3.8, 4) is 0 Å². The fraction of sp³-hybridized carbons (Fsp3) is 0.455. The summed E-state index contributed by atoms with van der Waals surface area (Å²) in [7, 11) is 0. The molecule has 1 aliphatic heterocycles. The fourth-order valence-corrected chi connectivity index (χ4v) is 1.37. The van der Waals surface area contributed by atoms with Gasteiger partial charge in [0.25, 0.3) is 5.91 Å². The number of nitrogens with zero attached hydrogens (tertiary/aromatic N) is 1. The van der Waals surface area contributed by atoms with Gasteiger partial charge in [0.2, 0.25) is 5.91 Å². The molecule has 0 aromatic heterocycles. The normalized spacial score (nSPS) is 18.4. The van der Waals surface area contributed by atoms with Gasteiger partial charge >= 0.3 is 5.97 Å². The second-order valence-electron chi connectivity index (χ2n) is 3.84. The van der Waals surface area contributed by atoms with Crippen LogP contribution in [0.2, 0.25) is 0 Å². The lowest BCUT2D eigenvalue weighted by Crippen LogP contribution is -2.59.